The van der Waals surface area contributed by atoms with Crippen molar-refractivity contribution in [3.63, 3.8) is 0 Å². The molecule has 23 heavy (non-hydrogen) atoms. The molecule has 128 valence electrons. The number of halogens is 1. The highest BCUT2D eigenvalue weighted by molar-refractivity contribution is 5.96. The van der Waals surface area contributed by atoms with Crippen molar-refractivity contribution in [3.05, 3.63) is 35.1 Å². The van der Waals surface area contributed by atoms with Gasteiger partial charge in [0.05, 0.1) is 0 Å². The van der Waals surface area contributed by atoms with Gasteiger partial charge in [0.2, 0.25) is 0 Å². The summed E-state index contributed by atoms with van der Waals surface area (Å²) in [6, 6.07) is 5.97. The van der Waals surface area contributed by atoms with E-state index in [0.717, 1.165) is 23.0 Å². The van der Waals surface area contributed by atoms with Crippen LogP contribution in [-0.2, 0) is 0 Å². The quantitative estimate of drug-likeness (QED) is 0.898. The summed E-state index contributed by atoms with van der Waals surface area (Å²) in [5.74, 6) is 0.712. The molecule has 1 unspecified atom stereocenters. The number of nitrogens with two attached hydrogens (primary N) is 1. The molecule has 1 aromatic heterocycles. The lowest BCUT2D eigenvalue weighted by Gasteiger charge is -2.20. The van der Waals surface area contributed by atoms with Gasteiger partial charge in [0.15, 0.2) is 5.76 Å². The minimum Gasteiger partial charge on any atom is -0.451 e. The highest BCUT2D eigenvalue weighted by Gasteiger charge is 2.18. The van der Waals surface area contributed by atoms with Gasteiger partial charge in [0.25, 0.3) is 5.91 Å². The van der Waals surface area contributed by atoms with Crippen LogP contribution in [0.5, 0.6) is 0 Å². The summed E-state index contributed by atoms with van der Waals surface area (Å²) < 4.78 is 5.72. The maximum absolute atomic E-state index is 12.5. The van der Waals surface area contributed by atoms with E-state index < -0.39 is 0 Å². The van der Waals surface area contributed by atoms with Gasteiger partial charge in [-0.25, -0.2) is 0 Å². The summed E-state index contributed by atoms with van der Waals surface area (Å²) in [5.41, 5.74) is 9.16. The number of aryl methyl sites for hydroxylation is 2. The molecule has 2 N–H and O–H groups in total. The second-order valence-corrected chi connectivity index (χ2v) is 6.51. The molecule has 1 amide bonds. The monoisotopic (exact) mass is 338 g/mol. The van der Waals surface area contributed by atoms with Crippen LogP contribution in [0.2, 0.25) is 0 Å². The molecule has 5 heteroatoms. The first kappa shape index (κ1) is 19.5. The fourth-order valence-corrected chi connectivity index (χ4v) is 2.37. The normalized spacial score (nSPS) is 12.3. The fourth-order valence-electron chi connectivity index (χ4n) is 2.37. The van der Waals surface area contributed by atoms with E-state index >= 15 is 0 Å². The Kier molecular flexibility index (Phi) is 6.66. The molecule has 0 radical (unpaired) electrons. The number of rotatable bonds is 5. The Balaban J connectivity index is 0.00000264. The number of fused-ring (bicyclic) bond motifs is 1. The zero-order chi connectivity index (χ0) is 16.4. The minimum absolute atomic E-state index is 0. The molecule has 4 nitrogen and oxygen atoms in total. The number of carbonyl (C=O) groups excluding carboxylic acids is 1. The third-order valence-electron chi connectivity index (χ3n) is 4.34. The van der Waals surface area contributed by atoms with Crippen LogP contribution in [0.25, 0.3) is 11.0 Å². The van der Waals surface area contributed by atoms with Crippen LogP contribution in [0.15, 0.2) is 22.6 Å². The van der Waals surface area contributed by atoms with Crippen molar-refractivity contribution < 1.29 is 9.21 Å². The van der Waals surface area contributed by atoms with Crippen molar-refractivity contribution in [2.45, 2.75) is 40.2 Å². The summed E-state index contributed by atoms with van der Waals surface area (Å²) in [4.78, 5) is 14.1. The Bertz CT molecular complexity index is 640. The summed E-state index contributed by atoms with van der Waals surface area (Å²) in [5, 5.41) is 0.971. The lowest BCUT2D eigenvalue weighted by Crippen LogP contribution is -2.34. The Morgan fingerprint density at radius 2 is 1.83 bits per heavy atom. The van der Waals surface area contributed by atoms with Crippen LogP contribution in [0.1, 0.15) is 41.9 Å². The van der Waals surface area contributed by atoms with Crippen molar-refractivity contribution in [3.8, 4) is 0 Å². The summed E-state index contributed by atoms with van der Waals surface area (Å²) >= 11 is 0. The van der Waals surface area contributed by atoms with Crippen molar-refractivity contribution in [2.24, 2.45) is 11.7 Å². The first-order valence-electron chi connectivity index (χ1n) is 7.81. The van der Waals surface area contributed by atoms with Crippen LogP contribution in [0.3, 0.4) is 0 Å². The maximum Gasteiger partial charge on any atom is 0.289 e. The van der Waals surface area contributed by atoms with Gasteiger partial charge in [0.1, 0.15) is 5.58 Å². The van der Waals surface area contributed by atoms with E-state index in [9.17, 15) is 4.79 Å². The molecule has 1 heterocycles. The van der Waals surface area contributed by atoms with E-state index in [1.54, 1.807) is 11.9 Å². The molecule has 0 aliphatic carbocycles. The summed E-state index contributed by atoms with van der Waals surface area (Å²) in [6.07, 6.45) is 0.790. The van der Waals surface area contributed by atoms with Gasteiger partial charge in [-0.2, -0.15) is 0 Å². The van der Waals surface area contributed by atoms with Crippen molar-refractivity contribution in [1.82, 2.24) is 4.90 Å². The number of nitrogens with zero attached hydrogens (tertiary/aromatic N) is 1. The Morgan fingerprint density at radius 3 is 2.43 bits per heavy atom. The van der Waals surface area contributed by atoms with Crippen LogP contribution in [0.4, 0.5) is 0 Å². The van der Waals surface area contributed by atoms with Crippen LogP contribution < -0.4 is 5.73 Å². The average Bonchev–Trinajstić information content (AvgIpc) is 2.86. The third-order valence-corrected chi connectivity index (χ3v) is 4.34. The average molecular weight is 339 g/mol. The Morgan fingerprint density at radius 1 is 1.22 bits per heavy atom. The molecule has 2 aromatic rings. The molecule has 0 aliphatic heterocycles. The molecule has 1 aromatic carbocycles. The fraction of sp³-hybridized carbons (Fsp3) is 0.500. The number of furan rings is 1. The molecule has 0 bridgehead atoms. The van der Waals surface area contributed by atoms with E-state index in [1.807, 2.05) is 19.1 Å². The molecule has 0 aliphatic rings. The second kappa shape index (κ2) is 7.84. The molecule has 1 atom stereocenters. The van der Waals surface area contributed by atoms with Gasteiger partial charge in [-0.15, -0.1) is 12.4 Å². The molecular weight excluding hydrogens is 312 g/mol. The molecular formula is C18H27ClN2O2. The number of hydrogen-bond acceptors (Lipinski definition) is 3. The predicted molar refractivity (Wildman–Crippen MR) is 97.3 cm³/mol. The number of amides is 1. The lowest BCUT2D eigenvalue weighted by molar-refractivity contribution is 0.0760. The Hall–Kier alpha value is -1.52. The van der Waals surface area contributed by atoms with Crippen LogP contribution >= 0.6 is 12.4 Å². The molecule has 0 fully saturated rings. The zero-order valence-electron chi connectivity index (χ0n) is 14.6. The van der Waals surface area contributed by atoms with Gasteiger partial charge in [-0.05, 0) is 55.5 Å². The molecule has 0 saturated carbocycles. The minimum atomic E-state index is -0.0949. The number of hydrogen-bond donors (Lipinski definition) is 1. The van der Waals surface area contributed by atoms with E-state index in [2.05, 4.69) is 26.8 Å². The number of benzene rings is 1. The smallest absolute Gasteiger partial charge is 0.289 e. The van der Waals surface area contributed by atoms with E-state index in [0.29, 0.717) is 18.2 Å². The maximum atomic E-state index is 12.5. The van der Waals surface area contributed by atoms with Crippen molar-refractivity contribution in [1.29, 1.82) is 0 Å². The first-order valence-corrected chi connectivity index (χ1v) is 7.81. The molecule has 0 saturated heterocycles. The van der Waals surface area contributed by atoms with Crippen molar-refractivity contribution >= 4 is 29.3 Å². The second-order valence-electron chi connectivity index (χ2n) is 6.51. The van der Waals surface area contributed by atoms with E-state index in [4.69, 9.17) is 10.2 Å². The van der Waals surface area contributed by atoms with E-state index in [1.165, 1.54) is 5.56 Å². The van der Waals surface area contributed by atoms with Gasteiger partial charge >= 0.3 is 0 Å². The third kappa shape index (κ3) is 4.49. The highest BCUT2D eigenvalue weighted by atomic mass is 35.5. The SMILES string of the molecule is Cc1cc2cc(C(=O)N(C)CCC(N)C(C)C)oc2cc1C.Cl. The summed E-state index contributed by atoms with van der Waals surface area (Å²) in [6.45, 7) is 8.92. The largest absolute Gasteiger partial charge is 0.451 e. The predicted octanol–water partition coefficient (Wildman–Crippen LogP) is 3.92. The van der Waals surface area contributed by atoms with Crippen LogP contribution in [-0.4, -0.2) is 30.4 Å². The standard InChI is InChI=1S/C18H26N2O2.ClH/c1-11(2)15(19)6-7-20(5)18(21)17-10-14-8-12(3)13(4)9-16(14)22-17;/h8-11,15H,6-7,19H2,1-5H3;1H. The molecule has 0 spiro atoms. The summed E-state index contributed by atoms with van der Waals surface area (Å²) in [7, 11) is 1.79. The highest BCUT2D eigenvalue weighted by Crippen LogP contribution is 2.24. The molecule has 2 rings (SSSR count). The number of carbonyl (C=O) groups is 1. The van der Waals surface area contributed by atoms with Crippen LogP contribution in [0, 0.1) is 19.8 Å². The first-order chi connectivity index (χ1) is 10.3. The zero-order valence-corrected chi connectivity index (χ0v) is 15.4. The van der Waals surface area contributed by atoms with Crippen molar-refractivity contribution in [2.75, 3.05) is 13.6 Å². The topological polar surface area (TPSA) is 59.5 Å². The lowest BCUT2D eigenvalue weighted by atomic mass is 10.0. The van der Waals surface area contributed by atoms with Gasteiger partial charge in [-0.1, -0.05) is 13.8 Å². The van der Waals surface area contributed by atoms with Gasteiger partial charge in [0, 0.05) is 25.0 Å². The van der Waals surface area contributed by atoms with E-state index in [-0.39, 0.29) is 24.4 Å². The van der Waals surface area contributed by atoms with Gasteiger partial charge in [-0.3, -0.25) is 4.79 Å². The van der Waals surface area contributed by atoms with Gasteiger partial charge < -0.3 is 15.1 Å². The Labute approximate surface area is 144 Å².